The number of nitriles is 2. The van der Waals surface area contributed by atoms with Gasteiger partial charge in [0.1, 0.15) is 17.7 Å². The molecule has 1 atom stereocenters. The molecule has 3 heteroatoms. The van der Waals surface area contributed by atoms with Crippen LogP contribution in [0, 0.1) is 34.5 Å². The fraction of sp³-hybridized carbons (Fsp3) is 0.739. The van der Waals surface area contributed by atoms with E-state index in [4.69, 9.17) is 0 Å². The van der Waals surface area contributed by atoms with Crippen LogP contribution in [0.3, 0.4) is 0 Å². The van der Waals surface area contributed by atoms with E-state index in [9.17, 15) is 10.5 Å². The topological polar surface area (TPSA) is 50.8 Å². The van der Waals surface area contributed by atoms with Crippen molar-refractivity contribution in [3.05, 3.63) is 22.9 Å². The van der Waals surface area contributed by atoms with Crippen LogP contribution < -0.4 is 0 Å². The van der Waals surface area contributed by atoms with Crippen molar-refractivity contribution in [3.8, 4) is 12.1 Å². The molecule has 0 heterocycles. The second-order valence-corrected chi connectivity index (χ2v) is 7.62. The molecule has 0 saturated heterocycles. The quantitative estimate of drug-likeness (QED) is 0.406. The predicted octanol–water partition coefficient (Wildman–Crippen LogP) is 6.35. The van der Waals surface area contributed by atoms with E-state index in [1.54, 1.807) is 0 Å². The normalized spacial score (nSPS) is 15.2. The Kier molecular flexibility index (Phi) is 10.8. The lowest BCUT2D eigenvalue weighted by Gasteiger charge is -2.35. The van der Waals surface area contributed by atoms with Crippen molar-refractivity contribution in [1.82, 2.24) is 4.90 Å². The summed E-state index contributed by atoms with van der Waals surface area (Å²) in [5.41, 5.74) is 2.58. The molecular weight excluding hydrogens is 318 g/mol. The zero-order valence-electron chi connectivity index (χ0n) is 17.4. The van der Waals surface area contributed by atoms with Gasteiger partial charge in [-0.25, -0.2) is 0 Å². The van der Waals surface area contributed by atoms with Crippen molar-refractivity contribution in [2.24, 2.45) is 11.8 Å². The molecule has 0 amide bonds. The average molecular weight is 356 g/mol. The summed E-state index contributed by atoms with van der Waals surface area (Å²) < 4.78 is 0. The van der Waals surface area contributed by atoms with E-state index in [1.807, 2.05) is 0 Å². The minimum Gasteiger partial charge on any atom is -0.374 e. The number of hydrogen-bond donors (Lipinski definition) is 0. The Morgan fingerprint density at radius 1 is 1.00 bits per heavy atom. The van der Waals surface area contributed by atoms with Crippen LogP contribution in [0.2, 0.25) is 0 Å². The van der Waals surface area contributed by atoms with Crippen LogP contribution in [0.5, 0.6) is 0 Å². The summed E-state index contributed by atoms with van der Waals surface area (Å²) in [6.45, 7) is 11.3. The fourth-order valence-electron chi connectivity index (χ4n) is 3.82. The van der Waals surface area contributed by atoms with Crippen molar-refractivity contribution >= 4 is 0 Å². The van der Waals surface area contributed by atoms with Crippen LogP contribution in [0.1, 0.15) is 85.5 Å². The summed E-state index contributed by atoms with van der Waals surface area (Å²) in [4.78, 5) is 2.59. The maximum absolute atomic E-state index is 9.23. The van der Waals surface area contributed by atoms with Gasteiger partial charge in [-0.15, -0.1) is 0 Å². The molecule has 0 radical (unpaired) electrons. The molecule has 0 aromatic rings. The summed E-state index contributed by atoms with van der Waals surface area (Å²) in [6, 6.07) is 4.16. The van der Waals surface area contributed by atoms with E-state index >= 15 is 0 Å². The molecule has 0 bridgehead atoms. The SMILES string of the molecule is CCCCC(CC)CN(CC(CC)CC)C1=CC(=C(C#N)C#N)CCC1. The monoisotopic (exact) mass is 355 g/mol. The molecular formula is C23H37N3. The van der Waals surface area contributed by atoms with Crippen LogP contribution in [0.4, 0.5) is 0 Å². The summed E-state index contributed by atoms with van der Waals surface area (Å²) in [7, 11) is 0. The molecule has 144 valence electrons. The van der Waals surface area contributed by atoms with Gasteiger partial charge >= 0.3 is 0 Å². The summed E-state index contributed by atoms with van der Waals surface area (Å²) in [6.07, 6.45) is 12.6. The molecule has 0 N–H and O–H groups in total. The number of nitrogens with zero attached hydrogens (tertiary/aromatic N) is 3. The summed E-state index contributed by atoms with van der Waals surface area (Å²) in [5.74, 6) is 1.44. The molecule has 0 aromatic carbocycles. The van der Waals surface area contributed by atoms with Crippen molar-refractivity contribution in [3.63, 3.8) is 0 Å². The van der Waals surface area contributed by atoms with Gasteiger partial charge in [-0.2, -0.15) is 10.5 Å². The summed E-state index contributed by atoms with van der Waals surface area (Å²) >= 11 is 0. The van der Waals surface area contributed by atoms with E-state index in [2.05, 4.69) is 50.8 Å². The highest BCUT2D eigenvalue weighted by Gasteiger charge is 2.21. The van der Waals surface area contributed by atoms with Gasteiger partial charge in [0.05, 0.1) is 0 Å². The van der Waals surface area contributed by atoms with Crippen molar-refractivity contribution in [2.45, 2.75) is 85.5 Å². The third-order valence-corrected chi connectivity index (χ3v) is 5.83. The molecule has 26 heavy (non-hydrogen) atoms. The Balaban J connectivity index is 3.08. The second-order valence-electron chi connectivity index (χ2n) is 7.62. The van der Waals surface area contributed by atoms with Gasteiger partial charge in [-0.05, 0) is 49.2 Å². The highest BCUT2D eigenvalue weighted by Crippen LogP contribution is 2.29. The van der Waals surface area contributed by atoms with Gasteiger partial charge in [0, 0.05) is 18.8 Å². The Labute approximate surface area is 161 Å². The Hall–Kier alpha value is -1.74. The first-order chi connectivity index (χ1) is 12.6. The molecule has 1 rings (SSSR count). The minimum atomic E-state index is 0.294. The van der Waals surface area contributed by atoms with Gasteiger partial charge in [-0.3, -0.25) is 0 Å². The first-order valence-corrected chi connectivity index (χ1v) is 10.6. The van der Waals surface area contributed by atoms with Gasteiger partial charge < -0.3 is 4.90 Å². The van der Waals surface area contributed by atoms with Crippen LogP contribution in [0.15, 0.2) is 22.9 Å². The molecule has 0 spiro atoms. The molecule has 1 aliphatic carbocycles. The average Bonchev–Trinajstić information content (AvgIpc) is 2.69. The van der Waals surface area contributed by atoms with Gasteiger partial charge in [0.2, 0.25) is 0 Å². The molecule has 0 saturated carbocycles. The zero-order chi connectivity index (χ0) is 19.4. The molecule has 0 aromatic heterocycles. The zero-order valence-corrected chi connectivity index (χ0v) is 17.4. The standard InChI is InChI=1S/C23H37N3/c1-5-9-11-20(8-4)18-26(17-19(6-2)7-3)23-13-10-12-21(14-23)22(15-24)16-25/h14,19-20H,5-13,17-18H2,1-4H3. The maximum atomic E-state index is 9.23. The van der Waals surface area contributed by atoms with Gasteiger partial charge in [-0.1, -0.05) is 59.8 Å². The number of rotatable bonds is 11. The third-order valence-electron chi connectivity index (χ3n) is 5.83. The van der Waals surface area contributed by atoms with Crippen molar-refractivity contribution in [2.75, 3.05) is 13.1 Å². The van der Waals surface area contributed by atoms with E-state index < -0.39 is 0 Å². The molecule has 1 aliphatic rings. The highest BCUT2D eigenvalue weighted by molar-refractivity contribution is 5.46. The first-order valence-electron chi connectivity index (χ1n) is 10.6. The predicted molar refractivity (Wildman–Crippen MR) is 109 cm³/mol. The number of hydrogen-bond acceptors (Lipinski definition) is 3. The number of unbranched alkanes of at least 4 members (excludes halogenated alkanes) is 1. The van der Waals surface area contributed by atoms with Crippen molar-refractivity contribution < 1.29 is 0 Å². The molecule has 0 fully saturated rings. The van der Waals surface area contributed by atoms with Crippen LogP contribution in [0.25, 0.3) is 0 Å². The second kappa shape index (κ2) is 12.6. The van der Waals surface area contributed by atoms with Gasteiger partial charge in [0.15, 0.2) is 0 Å². The third kappa shape index (κ3) is 6.87. The Bertz CT molecular complexity index is 539. The molecule has 3 nitrogen and oxygen atoms in total. The fourth-order valence-corrected chi connectivity index (χ4v) is 3.82. The lowest BCUT2D eigenvalue weighted by molar-refractivity contribution is 0.219. The van der Waals surface area contributed by atoms with Crippen LogP contribution in [-0.4, -0.2) is 18.0 Å². The highest BCUT2D eigenvalue weighted by atomic mass is 15.1. The number of allylic oxidation sites excluding steroid dienone is 4. The van der Waals surface area contributed by atoms with E-state index in [1.165, 1.54) is 44.2 Å². The van der Waals surface area contributed by atoms with E-state index in [0.717, 1.165) is 43.8 Å². The lowest BCUT2D eigenvalue weighted by atomic mass is 9.92. The molecule has 1 unspecified atom stereocenters. The van der Waals surface area contributed by atoms with E-state index in [0.29, 0.717) is 11.5 Å². The van der Waals surface area contributed by atoms with Gasteiger partial charge in [0.25, 0.3) is 0 Å². The van der Waals surface area contributed by atoms with Crippen LogP contribution >= 0.6 is 0 Å². The lowest BCUT2D eigenvalue weighted by Crippen LogP contribution is -2.34. The summed E-state index contributed by atoms with van der Waals surface area (Å²) in [5, 5.41) is 18.5. The Morgan fingerprint density at radius 3 is 2.15 bits per heavy atom. The first kappa shape index (κ1) is 22.3. The molecule has 0 aliphatic heterocycles. The van der Waals surface area contributed by atoms with E-state index in [-0.39, 0.29) is 0 Å². The minimum absolute atomic E-state index is 0.294. The van der Waals surface area contributed by atoms with Crippen LogP contribution in [-0.2, 0) is 0 Å². The van der Waals surface area contributed by atoms with Crippen molar-refractivity contribution in [1.29, 1.82) is 10.5 Å². The maximum Gasteiger partial charge on any atom is 0.132 e. The Morgan fingerprint density at radius 2 is 1.62 bits per heavy atom. The largest absolute Gasteiger partial charge is 0.374 e. The smallest absolute Gasteiger partial charge is 0.132 e.